The van der Waals surface area contributed by atoms with E-state index in [1.807, 2.05) is 0 Å². The number of amides is 1. The monoisotopic (exact) mass is 128 g/mol. The first-order valence-electron chi connectivity index (χ1n) is 2.17. The van der Waals surface area contributed by atoms with Gasteiger partial charge in [0, 0.05) is 0 Å². The molecule has 0 atom stereocenters. The minimum absolute atomic E-state index is 0.740. The molecule has 9 heavy (non-hydrogen) atoms. The van der Waals surface area contributed by atoms with Crippen molar-refractivity contribution >= 4 is 12.5 Å². The molecule has 0 unspecified atom stereocenters. The van der Waals surface area contributed by atoms with Crippen LogP contribution >= 0.6 is 0 Å². The van der Waals surface area contributed by atoms with Gasteiger partial charge in [0.25, 0.3) is 0 Å². The minimum atomic E-state index is -1.13. The summed E-state index contributed by atoms with van der Waals surface area (Å²) in [6.45, 7) is 0. The van der Waals surface area contributed by atoms with Gasteiger partial charge in [-0.25, -0.2) is 4.79 Å². The Morgan fingerprint density at radius 1 is 1.78 bits per heavy atom. The summed E-state index contributed by atoms with van der Waals surface area (Å²) in [5.74, 6) is 0. The van der Waals surface area contributed by atoms with Gasteiger partial charge in [-0.1, -0.05) is 0 Å². The summed E-state index contributed by atoms with van der Waals surface area (Å²) in [6.07, 6.45) is 2.32. The van der Waals surface area contributed by atoms with Crippen molar-refractivity contribution < 1.29 is 14.6 Å². The molecule has 1 amide bonds. The van der Waals surface area contributed by atoms with E-state index in [1.165, 1.54) is 12.5 Å². The Morgan fingerprint density at radius 3 is 2.89 bits per heavy atom. The van der Waals surface area contributed by atoms with Crippen LogP contribution in [0.25, 0.3) is 0 Å². The second kappa shape index (κ2) is 2.17. The van der Waals surface area contributed by atoms with Gasteiger partial charge in [0.2, 0.25) is 0 Å². The summed E-state index contributed by atoms with van der Waals surface area (Å²) in [4.78, 5) is 10.1. The van der Waals surface area contributed by atoms with Crippen LogP contribution in [0.15, 0.2) is 17.6 Å². The van der Waals surface area contributed by atoms with E-state index in [2.05, 4.69) is 9.84 Å². The molecule has 0 fully saturated rings. The predicted molar refractivity (Wildman–Crippen MR) is 28.6 cm³/mol. The van der Waals surface area contributed by atoms with Crippen molar-refractivity contribution in [1.29, 1.82) is 0 Å². The molecule has 1 aliphatic rings. The van der Waals surface area contributed by atoms with Crippen LogP contribution in [0.2, 0.25) is 0 Å². The van der Waals surface area contributed by atoms with Crippen molar-refractivity contribution in [2.45, 2.75) is 0 Å². The molecule has 1 aliphatic heterocycles. The first-order valence-corrected chi connectivity index (χ1v) is 2.17. The van der Waals surface area contributed by atoms with E-state index in [0.717, 1.165) is 11.4 Å². The number of carbonyl (C=O) groups is 1. The molecule has 1 N–H and O–H groups in total. The molecule has 0 bridgehead atoms. The van der Waals surface area contributed by atoms with Gasteiger partial charge in [0.1, 0.15) is 6.26 Å². The van der Waals surface area contributed by atoms with Gasteiger partial charge < -0.3 is 9.84 Å². The standard InChI is InChI=1S/C4H4N2O3/c7-4(8)6-1-2-9-3-5-6/h1-3H,(H,7,8). The van der Waals surface area contributed by atoms with Gasteiger partial charge >= 0.3 is 6.09 Å². The Hall–Kier alpha value is -1.52. The summed E-state index contributed by atoms with van der Waals surface area (Å²) >= 11 is 0. The van der Waals surface area contributed by atoms with Crippen LogP contribution in [0.4, 0.5) is 4.79 Å². The Labute approximate surface area is 50.8 Å². The second-order valence-electron chi connectivity index (χ2n) is 1.27. The highest BCUT2D eigenvalue weighted by Crippen LogP contribution is 1.95. The van der Waals surface area contributed by atoms with Crippen LogP contribution in [0, 0.1) is 0 Å². The van der Waals surface area contributed by atoms with Crippen molar-refractivity contribution in [3.8, 4) is 0 Å². The fourth-order valence-corrected chi connectivity index (χ4v) is 0.358. The lowest BCUT2D eigenvalue weighted by Gasteiger charge is -2.08. The van der Waals surface area contributed by atoms with E-state index in [-0.39, 0.29) is 0 Å². The molecule has 0 aliphatic carbocycles. The number of hydrazone groups is 1. The number of ether oxygens (including phenoxy) is 1. The van der Waals surface area contributed by atoms with Crippen LogP contribution < -0.4 is 0 Å². The average molecular weight is 128 g/mol. The molecule has 1 heterocycles. The van der Waals surface area contributed by atoms with E-state index in [4.69, 9.17) is 5.11 Å². The SMILES string of the molecule is O=C(O)N1C=COC=N1. The zero-order valence-electron chi connectivity index (χ0n) is 4.39. The Kier molecular flexibility index (Phi) is 1.35. The lowest BCUT2D eigenvalue weighted by molar-refractivity contribution is 0.161. The lowest BCUT2D eigenvalue weighted by Crippen LogP contribution is -2.19. The fourth-order valence-electron chi connectivity index (χ4n) is 0.358. The van der Waals surface area contributed by atoms with Crippen molar-refractivity contribution in [3.05, 3.63) is 12.5 Å². The van der Waals surface area contributed by atoms with Gasteiger partial charge in [-0.3, -0.25) is 0 Å². The van der Waals surface area contributed by atoms with Crippen LogP contribution in [0.5, 0.6) is 0 Å². The zero-order valence-corrected chi connectivity index (χ0v) is 4.39. The number of nitrogens with zero attached hydrogens (tertiary/aromatic N) is 2. The van der Waals surface area contributed by atoms with E-state index in [0.29, 0.717) is 0 Å². The summed E-state index contributed by atoms with van der Waals surface area (Å²) in [5.41, 5.74) is 0. The highest BCUT2D eigenvalue weighted by molar-refractivity contribution is 5.67. The third kappa shape index (κ3) is 1.18. The van der Waals surface area contributed by atoms with Gasteiger partial charge in [-0.2, -0.15) is 5.01 Å². The predicted octanol–water partition coefficient (Wildman–Crippen LogP) is 0.411. The number of hydrogen-bond acceptors (Lipinski definition) is 3. The van der Waals surface area contributed by atoms with Crippen LogP contribution in [-0.2, 0) is 4.74 Å². The Bertz CT molecular complexity index is 163. The highest BCUT2D eigenvalue weighted by Gasteiger charge is 2.06. The van der Waals surface area contributed by atoms with E-state index >= 15 is 0 Å². The molecule has 5 nitrogen and oxygen atoms in total. The summed E-state index contributed by atoms with van der Waals surface area (Å²) < 4.78 is 4.47. The van der Waals surface area contributed by atoms with Crippen LogP contribution in [0.3, 0.4) is 0 Å². The third-order valence-electron chi connectivity index (χ3n) is 0.709. The molecule has 0 aromatic carbocycles. The summed E-state index contributed by atoms with van der Waals surface area (Å²) in [7, 11) is 0. The molecule has 0 aromatic heterocycles. The van der Waals surface area contributed by atoms with Crippen LogP contribution in [0.1, 0.15) is 0 Å². The smallest absolute Gasteiger partial charge is 0.432 e. The van der Waals surface area contributed by atoms with Gasteiger partial charge in [0.15, 0.2) is 6.40 Å². The van der Waals surface area contributed by atoms with Crippen molar-refractivity contribution in [2.75, 3.05) is 0 Å². The maximum absolute atomic E-state index is 10.1. The fraction of sp³-hybridized carbons (Fsp3) is 0. The second-order valence-corrected chi connectivity index (χ2v) is 1.27. The molecule has 48 valence electrons. The minimum Gasteiger partial charge on any atom is -0.463 e. The van der Waals surface area contributed by atoms with Crippen molar-refractivity contribution in [3.63, 3.8) is 0 Å². The number of rotatable bonds is 0. The molecular weight excluding hydrogens is 124 g/mol. The molecule has 0 spiro atoms. The molecular formula is C4H4N2O3. The molecule has 1 rings (SSSR count). The Morgan fingerprint density at radius 2 is 2.56 bits per heavy atom. The quantitative estimate of drug-likeness (QED) is 0.514. The number of carboxylic acid groups (broad SMARTS) is 1. The molecule has 0 radical (unpaired) electrons. The normalized spacial score (nSPS) is 15.3. The molecule has 0 saturated carbocycles. The Balaban J connectivity index is 2.60. The first kappa shape index (κ1) is 5.61. The maximum Gasteiger partial charge on any atom is 0.432 e. The van der Waals surface area contributed by atoms with Gasteiger partial charge in [-0.05, 0) is 0 Å². The molecule has 0 saturated heterocycles. The largest absolute Gasteiger partial charge is 0.463 e. The van der Waals surface area contributed by atoms with E-state index in [1.54, 1.807) is 0 Å². The summed E-state index contributed by atoms with van der Waals surface area (Å²) in [6, 6.07) is 0. The van der Waals surface area contributed by atoms with Gasteiger partial charge in [-0.15, -0.1) is 5.10 Å². The maximum atomic E-state index is 10.1. The molecule has 0 aromatic rings. The molecule has 5 heteroatoms. The number of hydrogen-bond donors (Lipinski definition) is 1. The average Bonchev–Trinajstić information content (AvgIpc) is 1.90. The highest BCUT2D eigenvalue weighted by atomic mass is 16.5. The third-order valence-corrected chi connectivity index (χ3v) is 0.709. The van der Waals surface area contributed by atoms with E-state index in [9.17, 15) is 4.79 Å². The van der Waals surface area contributed by atoms with E-state index < -0.39 is 6.09 Å². The van der Waals surface area contributed by atoms with Crippen LogP contribution in [-0.4, -0.2) is 22.6 Å². The first-order chi connectivity index (χ1) is 4.30. The van der Waals surface area contributed by atoms with Crippen molar-refractivity contribution in [1.82, 2.24) is 5.01 Å². The topological polar surface area (TPSA) is 62.1 Å². The van der Waals surface area contributed by atoms with Crippen molar-refractivity contribution in [2.24, 2.45) is 5.10 Å². The zero-order chi connectivity index (χ0) is 6.69. The van der Waals surface area contributed by atoms with Gasteiger partial charge in [0.05, 0.1) is 6.20 Å². The lowest BCUT2D eigenvalue weighted by atomic mass is 10.8. The summed E-state index contributed by atoms with van der Waals surface area (Å²) in [5, 5.41) is 12.3.